The lowest BCUT2D eigenvalue weighted by atomic mass is 10.1. The van der Waals surface area contributed by atoms with Crippen molar-refractivity contribution in [1.29, 1.82) is 0 Å². The number of nitrogens with one attached hydrogen (secondary N) is 2. The van der Waals surface area contributed by atoms with Crippen LogP contribution in [0.2, 0.25) is 0 Å². The number of urea groups is 1. The summed E-state index contributed by atoms with van der Waals surface area (Å²) in [7, 11) is 3.12. The molecule has 0 saturated heterocycles. The summed E-state index contributed by atoms with van der Waals surface area (Å²) in [6, 6.07) is 5.28. The van der Waals surface area contributed by atoms with Gasteiger partial charge < -0.3 is 5.32 Å². The number of carbonyl (C=O) groups is 2. The normalized spacial score (nSPS) is 12.1. The summed E-state index contributed by atoms with van der Waals surface area (Å²) in [5, 5.41) is 4.49. The van der Waals surface area contributed by atoms with E-state index in [0.29, 0.717) is 5.56 Å². The molecule has 104 valence electrons. The van der Waals surface area contributed by atoms with Crippen molar-refractivity contribution in [3.63, 3.8) is 0 Å². The average molecular weight is 267 g/mol. The molecule has 3 amide bonds. The van der Waals surface area contributed by atoms with Crippen LogP contribution < -0.4 is 10.6 Å². The van der Waals surface area contributed by atoms with E-state index < -0.39 is 18.0 Å². The molecule has 0 aliphatic carbocycles. The second-order valence-electron chi connectivity index (χ2n) is 4.25. The molecule has 0 spiro atoms. The van der Waals surface area contributed by atoms with Crippen LogP contribution in [0.4, 0.5) is 9.18 Å². The van der Waals surface area contributed by atoms with E-state index in [2.05, 4.69) is 10.6 Å². The van der Waals surface area contributed by atoms with E-state index in [1.165, 1.54) is 13.1 Å². The lowest BCUT2D eigenvalue weighted by Crippen LogP contribution is -2.47. The molecule has 1 aromatic carbocycles. The minimum Gasteiger partial charge on any atom is -0.341 e. The molecule has 0 unspecified atom stereocenters. The molecule has 1 atom stereocenters. The van der Waals surface area contributed by atoms with Crippen molar-refractivity contribution in [3.8, 4) is 0 Å². The molecule has 0 aliphatic rings. The van der Waals surface area contributed by atoms with E-state index in [1.54, 1.807) is 37.1 Å². The average Bonchev–Trinajstić information content (AvgIpc) is 2.40. The van der Waals surface area contributed by atoms with Gasteiger partial charge in [0.05, 0.1) is 6.04 Å². The van der Waals surface area contributed by atoms with Crippen molar-refractivity contribution < 1.29 is 14.0 Å². The van der Waals surface area contributed by atoms with E-state index in [-0.39, 0.29) is 12.4 Å². The Morgan fingerprint density at radius 1 is 1.37 bits per heavy atom. The molecular formula is C13H18FN3O2. The lowest BCUT2D eigenvalue weighted by Gasteiger charge is -2.23. The Labute approximate surface area is 111 Å². The third-order valence-electron chi connectivity index (χ3n) is 2.88. The van der Waals surface area contributed by atoms with Crippen molar-refractivity contribution in [3.05, 3.63) is 35.6 Å². The quantitative estimate of drug-likeness (QED) is 0.859. The van der Waals surface area contributed by atoms with Gasteiger partial charge >= 0.3 is 6.03 Å². The lowest BCUT2D eigenvalue weighted by molar-refractivity contribution is -0.124. The van der Waals surface area contributed by atoms with Crippen LogP contribution in [0.1, 0.15) is 12.5 Å². The van der Waals surface area contributed by atoms with Gasteiger partial charge in [0.15, 0.2) is 0 Å². The number of benzene rings is 1. The Bertz CT molecular complexity index is 465. The van der Waals surface area contributed by atoms with Crippen molar-refractivity contribution in [2.24, 2.45) is 0 Å². The molecule has 0 heterocycles. The fraction of sp³-hybridized carbons (Fsp3) is 0.385. The van der Waals surface area contributed by atoms with Gasteiger partial charge in [0.2, 0.25) is 5.91 Å². The number of imide groups is 1. The number of rotatable bonds is 4. The van der Waals surface area contributed by atoms with Crippen LogP contribution in [0.25, 0.3) is 0 Å². The van der Waals surface area contributed by atoms with E-state index in [1.807, 2.05) is 0 Å². The molecule has 6 heteroatoms. The van der Waals surface area contributed by atoms with Crippen LogP contribution >= 0.6 is 0 Å². The minimum atomic E-state index is -0.559. The molecule has 0 saturated carbocycles. The summed E-state index contributed by atoms with van der Waals surface area (Å²) in [5.41, 5.74) is 0.504. The Balaban J connectivity index is 2.62. The number of nitrogens with zero attached hydrogens (tertiary/aromatic N) is 1. The van der Waals surface area contributed by atoms with Crippen LogP contribution in [0, 0.1) is 5.82 Å². The van der Waals surface area contributed by atoms with E-state index in [4.69, 9.17) is 0 Å². The third-order valence-corrected chi connectivity index (χ3v) is 2.88. The van der Waals surface area contributed by atoms with Gasteiger partial charge in [-0.05, 0) is 20.0 Å². The Hall–Kier alpha value is -1.95. The van der Waals surface area contributed by atoms with E-state index >= 15 is 0 Å². The Morgan fingerprint density at radius 2 is 2.00 bits per heavy atom. The fourth-order valence-electron chi connectivity index (χ4n) is 1.51. The largest absolute Gasteiger partial charge is 0.341 e. The van der Waals surface area contributed by atoms with Gasteiger partial charge in [-0.15, -0.1) is 0 Å². The zero-order chi connectivity index (χ0) is 14.4. The molecule has 5 nitrogen and oxygen atoms in total. The van der Waals surface area contributed by atoms with Gasteiger partial charge in [-0.25, -0.2) is 9.18 Å². The highest BCUT2D eigenvalue weighted by Gasteiger charge is 2.20. The van der Waals surface area contributed by atoms with Crippen LogP contribution in [0.5, 0.6) is 0 Å². The second-order valence-corrected chi connectivity index (χ2v) is 4.25. The maximum atomic E-state index is 13.5. The summed E-state index contributed by atoms with van der Waals surface area (Å²) in [6.07, 6.45) is 0. The summed E-state index contributed by atoms with van der Waals surface area (Å²) < 4.78 is 13.5. The zero-order valence-electron chi connectivity index (χ0n) is 11.2. The molecule has 0 aromatic heterocycles. The number of amides is 3. The molecule has 0 bridgehead atoms. The SMILES string of the molecule is CNC(=O)NC(=O)[C@@H](C)N(C)Cc1ccccc1F. The number of halogens is 1. The molecule has 1 aromatic rings. The molecular weight excluding hydrogens is 249 g/mol. The zero-order valence-corrected chi connectivity index (χ0v) is 11.2. The summed E-state index contributed by atoms with van der Waals surface area (Å²) in [4.78, 5) is 24.4. The van der Waals surface area contributed by atoms with Gasteiger partial charge in [0.25, 0.3) is 0 Å². The molecule has 0 aliphatic heterocycles. The van der Waals surface area contributed by atoms with Gasteiger partial charge in [-0.3, -0.25) is 15.0 Å². The van der Waals surface area contributed by atoms with Gasteiger partial charge in [-0.1, -0.05) is 18.2 Å². The van der Waals surface area contributed by atoms with Crippen LogP contribution in [-0.4, -0.2) is 37.0 Å². The van der Waals surface area contributed by atoms with Gasteiger partial charge in [-0.2, -0.15) is 0 Å². The first-order chi connectivity index (χ1) is 8.95. The van der Waals surface area contributed by atoms with Crippen molar-refractivity contribution >= 4 is 11.9 Å². The summed E-state index contributed by atoms with van der Waals surface area (Å²) in [6.45, 7) is 1.94. The number of hydrogen-bond donors (Lipinski definition) is 2. The standard InChI is InChI=1S/C13H18FN3O2/c1-9(12(18)16-13(19)15-2)17(3)8-10-6-4-5-7-11(10)14/h4-7,9H,8H2,1-3H3,(H2,15,16,18,19)/t9-/m1/s1. The Kier molecular flexibility index (Phi) is 5.44. The monoisotopic (exact) mass is 267 g/mol. The van der Waals surface area contributed by atoms with Crippen molar-refractivity contribution in [1.82, 2.24) is 15.5 Å². The smallest absolute Gasteiger partial charge is 0.321 e. The molecule has 0 radical (unpaired) electrons. The summed E-state index contributed by atoms with van der Waals surface area (Å²) in [5.74, 6) is -0.744. The predicted molar refractivity (Wildman–Crippen MR) is 69.9 cm³/mol. The van der Waals surface area contributed by atoms with Crippen molar-refractivity contribution in [2.45, 2.75) is 19.5 Å². The predicted octanol–water partition coefficient (Wildman–Crippen LogP) is 1.10. The van der Waals surface area contributed by atoms with Gasteiger partial charge in [0, 0.05) is 19.2 Å². The fourth-order valence-corrected chi connectivity index (χ4v) is 1.51. The van der Waals surface area contributed by atoms with Gasteiger partial charge in [0.1, 0.15) is 5.82 Å². The van der Waals surface area contributed by atoms with Crippen LogP contribution in [0.15, 0.2) is 24.3 Å². The first kappa shape index (κ1) is 15.1. The van der Waals surface area contributed by atoms with E-state index in [0.717, 1.165) is 0 Å². The maximum Gasteiger partial charge on any atom is 0.321 e. The number of likely N-dealkylation sites (N-methyl/N-ethyl adjacent to an activating group) is 1. The highest BCUT2D eigenvalue weighted by atomic mass is 19.1. The molecule has 1 rings (SSSR count). The second kappa shape index (κ2) is 6.84. The first-order valence-electron chi connectivity index (χ1n) is 5.92. The topological polar surface area (TPSA) is 61.4 Å². The maximum absolute atomic E-state index is 13.5. The molecule has 0 fully saturated rings. The third kappa shape index (κ3) is 4.33. The highest BCUT2D eigenvalue weighted by Crippen LogP contribution is 2.10. The highest BCUT2D eigenvalue weighted by molar-refractivity contribution is 5.96. The Morgan fingerprint density at radius 3 is 2.58 bits per heavy atom. The van der Waals surface area contributed by atoms with Crippen molar-refractivity contribution in [2.75, 3.05) is 14.1 Å². The summed E-state index contributed by atoms with van der Waals surface area (Å²) >= 11 is 0. The number of hydrogen-bond acceptors (Lipinski definition) is 3. The first-order valence-corrected chi connectivity index (χ1v) is 5.92. The molecule has 19 heavy (non-hydrogen) atoms. The van der Waals surface area contributed by atoms with E-state index in [9.17, 15) is 14.0 Å². The minimum absolute atomic E-state index is 0.287. The van der Waals surface area contributed by atoms with Crippen LogP contribution in [-0.2, 0) is 11.3 Å². The molecule has 2 N–H and O–H groups in total. The number of carbonyl (C=O) groups excluding carboxylic acids is 2. The van der Waals surface area contributed by atoms with Crippen LogP contribution in [0.3, 0.4) is 0 Å².